The molecule has 1 saturated heterocycles. The Morgan fingerprint density at radius 3 is 2.55 bits per heavy atom. The molecule has 0 saturated carbocycles. The van der Waals surface area contributed by atoms with Crippen LogP contribution in [0.25, 0.3) is 0 Å². The van der Waals surface area contributed by atoms with E-state index in [4.69, 9.17) is 0 Å². The van der Waals surface area contributed by atoms with Gasteiger partial charge in [-0.25, -0.2) is 0 Å². The molecule has 0 aliphatic carbocycles. The van der Waals surface area contributed by atoms with Crippen molar-refractivity contribution in [3.63, 3.8) is 0 Å². The van der Waals surface area contributed by atoms with Crippen LogP contribution in [-0.2, 0) is 4.79 Å². The van der Waals surface area contributed by atoms with E-state index in [-0.39, 0.29) is 0 Å². The van der Waals surface area contributed by atoms with E-state index in [1.807, 2.05) is 0 Å². The summed E-state index contributed by atoms with van der Waals surface area (Å²) >= 11 is -1.18. The van der Waals surface area contributed by atoms with Crippen LogP contribution in [0.15, 0.2) is 12.7 Å². The number of carbonyl (C=O) groups excluding carboxylic acids is 1. The predicted octanol–water partition coefficient (Wildman–Crippen LogP) is 2.64. The normalized spacial score (nSPS) is 23.2. The third-order valence-electron chi connectivity index (χ3n) is 2.08. The van der Waals surface area contributed by atoms with Gasteiger partial charge in [0.2, 0.25) is 0 Å². The average Bonchev–Trinajstić information content (AvgIpc) is 2.05. The quantitative estimate of drug-likeness (QED) is 0.325. The van der Waals surface area contributed by atoms with Crippen LogP contribution in [0.2, 0.25) is 0 Å². The Morgan fingerprint density at radius 1 is 1.55 bits per heavy atom. The number of allylic oxidation sites excluding steroid dienone is 1. The van der Waals surface area contributed by atoms with E-state index in [1.165, 1.54) is 21.7 Å². The fraction of sp³-hybridized carbons (Fsp3) is 0.667. The zero-order valence-corrected chi connectivity index (χ0v) is 9.13. The van der Waals surface area contributed by atoms with Gasteiger partial charge in [0.25, 0.3) is 0 Å². The molecule has 0 atom stereocenters. The molecule has 0 aromatic carbocycles. The molecular formula is C9H15IO. The molecule has 0 radical (unpaired) electrons. The van der Waals surface area contributed by atoms with Gasteiger partial charge in [0.05, 0.1) is 0 Å². The van der Waals surface area contributed by atoms with Gasteiger partial charge in [0, 0.05) is 0 Å². The molecule has 0 spiro atoms. The summed E-state index contributed by atoms with van der Waals surface area (Å²) in [5, 5.41) is 0. The first-order valence-electron chi connectivity index (χ1n) is 4.02. The first-order chi connectivity index (χ1) is 5.24. The van der Waals surface area contributed by atoms with Crippen molar-refractivity contribution in [3.05, 3.63) is 12.7 Å². The molecule has 1 fully saturated rings. The van der Waals surface area contributed by atoms with E-state index in [2.05, 4.69) is 13.5 Å². The zero-order chi connectivity index (χ0) is 8.27. The molecule has 1 heterocycles. The summed E-state index contributed by atoms with van der Waals surface area (Å²) in [6.07, 6.45) is 4.11. The van der Waals surface area contributed by atoms with Gasteiger partial charge in [0.1, 0.15) is 0 Å². The molecule has 1 aliphatic heterocycles. The Kier molecular flexibility index (Phi) is 3.55. The van der Waals surface area contributed by atoms with Crippen LogP contribution in [-0.4, -0.2) is 12.6 Å². The third kappa shape index (κ3) is 2.58. The second-order valence-corrected chi connectivity index (χ2v) is 8.85. The maximum absolute atomic E-state index is 11.2. The van der Waals surface area contributed by atoms with Crippen molar-refractivity contribution in [3.8, 4) is 0 Å². The van der Waals surface area contributed by atoms with Gasteiger partial charge in [-0.2, -0.15) is 0 Å². The summed E-state index contributed by atoms with van der Waals surface area (Å²) in [6, 6.07) is 0. The Morgan fingerprint density at radius 2 is 2.09 bits per heavy atom. The second kappa shape index (κ2) is 4.24. The van der Waals surface area contributed by atoms with Crippen LogP contribution in [0, 0.1) is 5.92 Å². The molecule has 1 rings (SSSR count). The number of hydrogen-bond acceptors (Lipinski definition) is 1. The molecule has 0 unspecified atom stereocenters. The van der Waals surface area contributed by atoms with Gasteiger partial charge < -0.3 is 0 Å². The minimum absolute atomic E-state index is 0.404. The zero-order valence-electron chi connectivity index (χ0n) is 6.98. The average molecular weight is 266 g/mol. The van der Waals surface area contributed by atoms with Gasteiger partial charge in [-0.05, 0) is 0 Å². The molecule has 0 bridgehead atoms. The fourth-order valence-electron chi connectivity index (χ4n) is 1.17. The molecule has 0 aromatic heterocycles. The molecule has 0 N–H and O–H groups in total. The van der Waals surface area contributed by atoms with Crippen LogP contribution >= 0.6 is 19.8 Å². The van der Waals surface area contributed by atoms with Gasteiger partial charge in [-0.3, -0.25) is 0 Å². The van der Waals surface area contributed by atoms with E-state index in [0.717, 1.165) is 5.92 Å². The predicted molar refractivity (Wildman–Crippen MR) is 57.4 cm³/mol. The summed E-state index contributed by atoms with van der Waals surface area (Å²) in [5.74, 6) is 0.862. The van der Waals surface area contributed by atoms with Crippen LogP contribution < -0.4 is 0 Å². The van der Waals surface area contributed by atoms with E-state index in [9.17, 15) is 4.79 Å². The summed E-state index contributed by atoms with van der Waals surface area (Å²) < 4.78 is 2.87. The van der Waals surface area contributed by atoms with Crippen molar-refractivity contribution in [1.82, 2.24) is 0 Å². The number of halogens is 1. The maximum atomic E-state index is 11.2. The van der Waals surface area contributed by atoms with Crippen LogP contribution in [0.1, 0.15) is 19.8 Å². The van der Waals surface area contributed by atoms with E-state index >= 15 is 0 Å². The fourth-order valence-corrected chi connectivity index (χ4v) is 7.03. The molecule has 64 valence electrons. The Bertz CT molecular complexity index is 157. The van der Waals surface area contributed by atoms with Gasteiger partial charge in [-0.1, -0.05) is 0 Å². The van der Waals surface area contributed by atoms with Crippen molar-refractivity contribution in [2.45, 2.75) is 19.8 Å². The summed E-state index contributed by atoms with van der Waals surface area (Å²) in [6.45, 7) is 5.83. The first-order valence-corrected chi connectivity index (χ1v) is 8.15. The van der Waals surface area contributed by atoms with Crippen molar-refractivity contribution in [1.29, 1.82) is 0 Å². The van der Waals surface area contributed by atoms with Crippen LogP contribution in [0.4, 0.5) is 0 Å². The number of hydrogen-bond donors (Lipinski definition) is 0. The van der Waals surface area contributed by atoms with Crippen molar-refractivity contribution in [2.24, 2.45) is 5.92 Å². The van der Waals surface area contributed by atoms with Gasteiger partial charge >= 0.3 is 75.6 Å². The minimum atomic E-state index is -1.18. The SMILES string of the molecule is C=CC(=O)I1CCC(C)CC1. The van der Waals surface area contributed by atoms with E-state index in [0.29, 0.717) is 3.79 Å². The molecule has 0 amide bonds. The van der Waals surface area contributed by atoms with Crippen LogP contribution in [0.5, 0.6) is 0 Å². The molecule has 1 aliphatic rings. The standard InChI is InChI=1S/C9H15IO/c1-3-9(11)10-6-4-8(2)5-7-10/h3,8H,1,4-7H2,2H3. The van der Waals surface area contributed by atoms with Crippen molar-refractivity contribution in [2.75, 3.05) is 8.86 Å². The number of rotatable bonds is 2. The van der Waals surface area contributed by atoms with E-state index in [1.54, 1.807) is 6.08 Å². The molecule has 1 nitrogen and oxygen atoms in total. The second-order valence-electron chi connectivity index (χ2n) is 3.02. The number of alkyl halides is 2. The third-order valence-corrected chi connectivity index (χ3v) is 7.88. The summed E-state index contributed by atoms with van der Waals surface area (Å²) in [4.78, 5) is 11.2. The Labute approximate surface area is 75.6 Å². The number of carbonyl (C=O) groups is 1. The summed E-state index contributed by atoms with van der Waals surface area (Å²) in [7, 11) is 0. The van der Waals surface area contributed by atoms with Gasteiger partial charge in [-0.15, -0.1) is 0 Å². The molecule has 11 heavy (non-hydrogen) atoms. The van der Waals surface area contributed by atoms with Crippen molar-refractivity contribution >= 4 is 23.6 Å². The molecular weight excluding hydrogens is 251 g/mol. The van der Waals surface area contributed by atoms with Gasteiger partial charge in [0.15, 0.2) is 0 Å². The topological polar surface area (TPSA) is 17.1 Å². The monoisotopic (exact) mass is 266 g/mol. The molecule has 0 aromatic rings. The molecule has 2 heteroatoms. The van der Waals surface area contributed by atoms with Crippen molar-refractivity contribution < 1.29 is 4.79 Å². The van der Waals surface area contributed by atoms with E-state index < -0.39 is 19.8 Å². The summed E-state index contributed by atoms with van der Waals surface area (Å²) in [5.41, 5.74) is 0. The Hall–Kier alpha value is 0.140. The van der Waals surface area contributed by atoms with Crippen LogP contribution in [0.3, 0.4) is 0 Å². The first kappa shape index (κ1) is 9.23. The Balaban J connectivity index is 2.38.